The molecule has 1 aliphatic rings. The highest BCUT2D eigenvalue weighted by Crippen LogP contribution is 2.35. The lowest BCUT2D eigenvalue weighted by Crippen LogP contribution is -2.48. The molecule has 1 saturated heterocycles. The number of alkyl halides is 3. The first-order valence-corrected chi connectivity index (χ1v) is 7.99. The average molecular weight is 362 g/mol. The molecule has 0 spiro atoms. The summed E-state index contributed by atoms with van der Waals surface area (Å²) in [6.07, 6.45) is -4.28. The van der Waals surface area contributed by atoms with E-state index >= 15 is 0 Å². The molecule has 4 nitrogen and oxygen atoms in total. The maximum Gasteiger partial charge on any atom is 0.419 e. The Hall–Kier alpha value is -1.67. The van der Waals surface area contributed by atoms with Crippen LogP contribution in [-0.4, -0.2) is 30.2 Å². The summed E-state index contributed by atoms with van der Waals surface area (Å²) in [6, 6.07) is 2.40. The van der Waals surface area contributed by atoms with Crippen LogP contribution in [0, 0.1) is 11.2 Å². The van der Waals surface area contributed by atoms with E-state index in [1.54, 1.807) is 20.8 Å². The molecular formula is C17H22F4N2O2. The Labute approximate surface area is 143 Å². The maximum atomic E-state index is 13.8. The van der Waals surface area contributed by atoms with Crippen molar-refractivity contribution in [1.82, 2.24) is 5.06 Å². The number of hydrogen-bond donors (Lipinski definition) is 1. The molecule has 1 fully saturated rings. The number of hydroxylamine groups is 2. The van der Waals surface area contributed by atoms with E-state index in [0.717, 1.165) is 12.1 Å². The van der Waals surface area contributed by atoms with Gasteiger partial charge in [-0.15, -0.1) is 5.06 Å². The van der Waals surface area contributed by atoms with Gasteiger partial charge in [-0.2, -0.15) is 13.2 Å². The average Bonchev–Trinajstić information content (AvgIpc) is 2.44. The fourth-order valence-corrected chi connectivity index (χ4v) is 2.69. The minimum atomic E-state index is -4.73. The third kappa shape index (κ3) is 4.70. The molecule has 0 aromatic heterocycles. The van der Waals surface area contributed by atoms with Gasteiger partial charge in [-0.1, -0.05) is 6.07 Å². The Bertz CT molecular complexity index is 641. The molecule has 1 aromatic carbocycles. The van der Waals surface area contributed by atoms with E-state index in [-0.39, 0.29) is 12.5 Å². The lowest BCUT2D eigenvalue weighted by atomic mass is 9.86. The number of carbonyl (C=O) groups excluding carboxylic acids is 1. The predicted molar refractivity (Wildman–Crippen MR) is 83.9 cm³/mol. The molecule has 2 rings (SSSR count). The Balaban J connectivity index is 2.07. The number of hydrogen-bond acceptors (Lipinski definition) is 4. The molecule has 8 heteroatoms. The van der Waals surface area contributed by atoms with Crippen molar-refractivity contribution in [2.75, 3.05) is 13.1 Å². The van der Waals surface area contributed by atoms with Crippen LogP contribution in [0.4, 0.5) is 17.6 Å². The van der Waals surface area contributed by atoms with Crippen molar-refractivity contribution >= 4 is 5.97 Å². The van der Waals surface area contributed by atoms with Crippen molar-refractivity contribution < 1.29 is 27.2 Å². The first-order chi connectivity index (χ1) is 11.4. The first-order valence-electron chi connectivity index (χ1n) is 7.99. The fourth-order valence-electron chi connectivity index (χ4n) is 2.69. The van der Waals surface area contributed by atoms with Crippen molar-refractivity contribution in [1.29, 1.82) is 0 Å². The van der Waals surface area contributed by atoms with Gasteiger partial charge < -0.3 is 10.6 Å². The third-order valence-corrected chi connectivity index (χ3v) is 4.17. The highest BCUT2D eigenvalue weighted by Gasteiger charge is 2.36. The van der Waals surface area contributed by atoms with Crippen LogP contribution in [0.1, 0.15) is 44.2 Å². The smallest absolute Gasteiger partial charge is 0.367 e. The van der Waals surface area contributed by atoms with Crippen LogP contribution in [-0.2, 0) is 15.8 Å². The molecule has 1 heterocycles. The molecule has 0 aliphatic carbocycles. The first kappa shape index (κ1) is 19.7. The topological polar surface area (TPSA) is 55.6 Å². The zero-order chi connectivity index (χ0) is 19.0. The van der Waals surface area contributed by atoms with Crippen molar-refractivity contribution in [2.24, 2.45) is 11.1 Å². The van der Waals surface area contributed by atoms with E-state index in [0.29, 0.717) is 18.5 Å². The Morgan fingerprint density at radius 1 is 1.28 bits per heavy atom. The molecule has 2 atom stereocenters. The molecule has 2 unspecified atom stereocenters. The second-order valence-corrected chi connectivity index (χ2v) is 7.31. The second-order valence-electron chi connectivity index (χ2n) is 7.31. The van der Waals surface area contributed by atoms with E-state index in [9.17, 15) is 22.4 Å². The lowest BCUT2D eigenvalue weighted by molar-refractivity contribution is -0.205. The van der Waals surface area contributed by atoms with E-state index in [1.165, 1.54) is 11.1 Å². The number of nitrogens with two attached hydrogens (primary N) is 1. The van der Waals surface area contributed by atoms with Gasteiger partial charge in [0.1, 0.15) is 5.82 Å². The van der Waals surface area contributed by atoms with Crippen LogP contribution in [0.15, 0.2) is 18.2 Å². The summed E-state index contributed by atoms with van der Waals surface area (Å²) >= 11 is 0. The molecule has 1 aliphatic heterocycles. The maximum absolute atomic E-state index is 13.8. The largest absolute Gasteiger partial charge is 0.419 e. The summed E-state index contributed by atoms with van der Waals surface area (Å²) in [4.78, 5) is 17.2. The number of rotatable bonds is 2. The molecular weight excluding hydrogens is 340 g/mol. The van der Waals surface area contributed by atoms with Gasteiger partial charge in [-0.05, 0) is 44.9 Å². The van der Waals surface area contributed by atoms with Gasteiger partial charge in [0.25, 0.3) is 0 Å². The van der Waals surface area contributed by atoms with E-state index in [4.69, 9.17) is 10.6 Å². The van der Waals surface area contributed by atoms with Gasteiger partial charge >= 0.3 is 12.1 Å². The van der Waals surface area contributed by atoms with Crippen LogP contribution in [0.3, 0.4) is 0 Å². The Morgan fingerprint density at radius 2 is 1.92 bits per heavy atom. The SMILES string of the molecule is CC(C)(C)C(=O)ON1CCC(c2ccc(C(F)(F)F)c(F)c2)C(N)C1. The van der Waals surface area contributed by atoms with Crippen LogP contribution in [0.5, 0.6) is 0 Å². The van der Waals surface area contributed by atoms with Crippen molar-refractivity contribution in [2.45, 2.75) is 45.3 Å². The quantitative estimate of drug-likeness (QED) is 0.819. The van der Waals surface area contributed by atoms with Crippen LogP contribution >= 0.6 is 0 Å². The molecule has 0 saturated carbocycles. The molecule has 0 radical (unpaired) electrons. The molecule has 2 N–H and O–H groups in total. The molecule has 1 aromatic rings. The normalized spacial score (nSPS) is 22.7. The summed E-state index contributed by atoms with van der Waals surface area (Å²) in [5.41, 5.74) is 4.55. The van der Waals surface area contributed by atoms with Crippen molar-refractivity contribution in [3.63, 3.8) is 0 Å². The summed E-state index contributed by atoms with van der Waals surface area (Å²) in [5, 5.41) is 1.45. The lowest BCUT2D eigenvalue weighted by Gasteiger charge is -2.36. The minimum absolute atomic E-state index is 0.231. The van der Waals surface area contributed by atoms with E-state index in [2.05, 4.69) is 0 Å². The number of halogens is 4. The summed E-state index contributed by atoms with van der Waals surface area (Å²) in [6.45, 7) is 5.80. The Kier molecular flexibility index (Phi) is 5.44. The second kappa shape index (κ2) is 6.92. The van der Waals surface area contributed by atoms with Crippen molar-refractivity contribution in [3.8, 4) is 0 Å². The van der Waals surface area contributed by atoms with Gasteiger partial charge in [0, 0.05) is 18.5 Å². The Morgan fingerprint density at radius 3 is 2.40 bits per heavy atom. The van der Waals surface area contributed by atoms with Crippen molar-refractivity contribution in [3.05, 3.63) is 35.1 Å². The van der Waals surface area contributed by atoms with Gasteiger partial charge in [0.2, 0.25) is 0 Å². The minimum Gasteiger partial charge on any atom is -0.367 e. The highest BCUT2D eigenvalue weighted by molar-refractivity contribution is 5.75. The van der Waals surface area contributed by atoms with E-state index < -0.39 is 35.0 Å². The fraction of sp³-hybridized carbons (Fsp3) is 0.588. The van der Waals surface area contributed by atoms with Crippen LogP contribution in [0.25, 0.3) is 0 Å². The zero-order valence-corrected chi connectivity index (χ0v) is 14.4. The number of benzene rings is 1. The summed E-state index contributed by atoms with van der Waals surface area (Å²) < 4.78 is 51.7. The third-order valence-electron chi connectivity index (χ3n) is 4.17. The molecule has 0 amide bonds. The number of nitrogens with zero attached hydrogens (tertiary/aromatic N) is 1. The van der Waals surface area contributed by atoms with E-state index in [1.807, 2.05) is 0 Å². The highest BCUT2D eigenvalue weighted by atomic mass is 19.4. The molecule has 25 heavy (non-hydrogen) atoms. The summed E-state index contributed by atoms with van der Waals surface area (Å²) in [5.74, 6) is -2.00. The monoisotopic (exact) mass is 362 g/mol. The standard InChI is InChI=1S/C17H22F4N2O2/c1-16(2,3)15(24)25-23-7-6-11(14(22)9-23)10-4-5-12(13(18)8-10)17(19,20)21/h4-5,8,11,14H,6-7,9,22H2,1-3H3. The molecule has 140 valence electrons. The summed E-state index contributed by atoms with van der Waals surface area (Å²) in [7, 11) is 0. The predicted octanol–water partition coefficient (Wildman–Crippen LogP) is 3.47. The zero-order valence-electron chi connectivity index (χ0n) is 14.4. The number of piperidine rings is 1. The molecule has 0 bridgehead atoms. The van der Waals surface area contributed by atoms with Crippen LogP contribution < -0.4 is 5.73 Å². The van der Waals surface area contributed by atoms with Crippen LogP contribution in [0.2, 0.25) is 0 Å². The van der Waals surface area contributed by atoms with Gasteiger partial charge in [0.15, 0.2) is 0 Å². The number of carbonyl (C=O) groups is 1. The van der Waals surface area contributed by atoms with Gasteiger partial charge in [-0.3, -0.25) is 0 Å². The van der Waals surface area contributed by atoms with Gasteiger partial charge in [0.05, 0.1) is 17.5 Å². The van der Waals surface area contributed by atoms with Gasteiger partial charge in [-0.25, -0.2) is 9.18 Å².